The van der Waals surface area contributed by atoms with Crippen LogP contribution in [0.3, 0.4) is 0 Å². The van der Waals surface area contributed by atoms with Crippen molar-refractivity contribution in [2.24, 2.45) is 5.10 Å². The molecule has 0 unspecified atom stereocenters. The monoisotopic (exact) mass is 418 g/mol. The van der Waals surface area contributed by atoms with Crippen LogP contribution in [0.5, 0.6) is 5.75 Å². The molecular weight excluding hydrogens is 400 g/mol. The van der Waals surface area contributed by atoms with Crippen molar-refractivity contribution in [3.63, 3.8) is 0 Å². The van der Waals surface area contributed by atoms with E-state index in [4.69, 9.17) is 10.5 Å². The third kappa shape index (κ3) is 4.24. The summed E-state index contributed by atoms with van der Waals surface area (Å²) < 4.78 is 11.2. The highest BCUT2D eigenvalue weighted by Crippen LogP contribution is 2.24. The number of rotatable bonds is 7. The number of hydrazone groups is 1. The number of aromatic nitrogens is 5. The number of amides is 1. The van der Waals surface area contributed by atoms with E-state index in [1.54, 1.807) is 12.1 Å². The number of hydrogen-bond acceptors (Lipinski definition) is 9. The molecule has 0 saturated heterocycles. The summed E-state index contributed by atoms with van der Waals surface area (Å²) in [5, 5.41) is 19.4. The molecule has 0 saturated carbocycles. The van der Waals surface area contributed by atoms with Crippen molar-refractivity contribution in [2.75, 3.05) is 12.3 Å². The Kier molecular flexibility index (Phi) is 5.65. The zero-order valence-electron chi connectivity index (χ0n) is 16.5. The second kappa shape index (κ2) is 8.86. The van der Waals surface area contributed by atoms with Crippen LogP contribution >= 0.6 is 0 Å². The minimum Gasteiger partial charge on any atom is -0.494 e. The van der Waals surface area contributed by atoms with Crippen molar-refractivity contribution in [1.29, 1.82) is 0 Å². The summed E-state index contributed by atoms with van der Waals surface area (Å²) in [7, 11) is 0. The zero-order valence-corrected chi connectivity index (χ0v) is 16.5. The number of nitrogens with zero attached hydrogens (tertiary/aromatic N) is 6. The SMILES string of the molecule is CCOc1ccc(/C=N/NC(=O)c2c(-c3ccccc3)nnn2-c2nonc2N)cc1. The average molecular weight is 418 g/mol. The summed E-state index contributed by atoms with van der Waals surface area (Å²) >= 11 is 0. The number of benzene rings is 2. The lowest BCUT2D eigenvalue weighted by atomic mass is 10.1. The fraction of sp³-hybridized carbons (Fsp3) is 0.100. The topological polar surface area (TPSA) is 146 Å². The van der Waals surface area contributed by atoms with Gasteiger partial charge >= 0.3 is 0 Å². The number of nitrogens with one attached hydrogen (secondary N) is 1. The van der Waals surface area contributed by atoms with E-state index < -0.39 is 5.91 Å². The number of nitrogens with two attached hydrogens (primary N) is 1. The van der Waals surface area contributed by atoms with Gasteiger partial charge in [-0.1, -0.05) is 35.5 Å². The van der Waals surface area contributed by atoms with Gasteiger partial charge in [-0.3, -0.25) is 4.79 Å². The summed E-state index contributed by atoms with van der Waals surface area (Å²) in [5.41, 5.74) is 10.1. The predicted octanol–water partition coefficient (Wildman–Crippen LogP) is 2.06. The van der Waals surface area contributed by atoms with Gasteiger partial charge in [0, 0.05) is 5.56 Å². The molecule has 0 fully saturated rings. The molecule has 0 atom stereocenters. The van der Waals surface area contributed by atoms with Crippen LogP contribution in [-0.2, 0) is 0 Å². The lowest BCUT2D eigenvalue weighted by molar-refractivity contribution is 0.0948. The number of hydrogen-bond donors (Lipinski definition) is 2. The maximum Gasteiger partial charge on any atom is 0.292 e. The fourth-order valence-electron chi connectivity index (χ4n) is 2.80. The molecule has 1 amide bonds. The Morgan fingerprint density at radius 3 is 2.65 bits per heavy atom. The van der Waals surface area contributed by atoms with E-state index in [1.807, 2.05) is 49.4 Å². The summed E-state index contributed by atoms with van der Waals surface area (Å²) in [6.07, 6.45) is 1.51. The van der Waals surface area contributed by atoms with Crippen LogP contribution in [0.4, 0.5) is 5.82 Å². The van der Waals surface area contributed by atoms with Gasteiger partial charge < -0.3 is 10.5 Å². The first kappa shape index (κ1) is 19.8. The Balaban J connectivity index is 1.62. The summed E-state index contributed by atoms with van der Waals surface area (Å²) in [4.78, 5) is 13.0. The highest BCUT2D eigenvalue weighted by Gasteiger charge is 2.25. The second-order valence-corrected chi connectivity index (χ2v) is 6.24. The van der Waals surface area contributed by atoms with E-state index >= 15 is 0 Å². The van der Waals surface area contributed by atoms with E-state index in [1.165, 1.54) is 6.21 Å². The zero-order chi connectivity index (χ0) is 21.6. The number of nitrogen functional groups attached to an aromatic ring is 1. The highest BCUT2D eigenvalue weighted by molar-refractivity contribution is 5.99. The fourth-order valence-corrected chi connectivity index (χ4v) is 2.80. The molecule has 0 bridgehead atoms. The van der Waals surface area contributed by atoms with Crippen molar-refractivity contribution >= 4 is 17.9 Å². The minimum absolute atomic E-state index is 0.0311. The molecule has 0 aliphatic carbocycles. The molecule has 31 heavy (non-hydrogen) atoms. The van der Waals surface area contributed by atoms with Gasteiger partial charge in [0.2, 0.25) is 11.6 Å². The normalized spacial score (nSPS) is 11.0. The smallest absolute Gasteiger partial charge is 0.292 e. The molecule has 0 spiro atoms. The lowest BCUT2D eigenvalue weighted by Crippen LogP contribution is -2.22. The first-order valence-corrected chi connectivity index (χ1v) is 9.33. The summed E-state index contributed by atoms with van der Waals surface area (Å²) in [6, 6.07) is 16.4. The predicted molar refractivity (Wildman–Crippen MR) is 112 cm³/mol. The molecule has 2 aromatic carbocycles. The molecular formula is C20H18N8O3. The molecule has 4 aromatic rings. The summed E-state index contributed by atoms with van der Waals surface area (Å²) in [6.45, 7) is 2.50. The molecule has 0 radical (unpaired) electrons. The molecule has 0 aliphatic rings. The van der Waals surface area contributed by atoms with Crippen LogP contribution in [0.15, 0.2) is 64.3 Å². The van der Waals surface area contributed by atoms with Crippen molar-refractivity contribution in [2.45, 2.75) is 6.92 Å². The van der Waals surface area contributed by atoms with Gasteiger partial charge in [-0.05, 0) is 47.1 Å². The molecule has 2 heterocycles. The maximum absolute atomic E-state index is 13.0. The van der Waals surface area contributed by atoms with Crippen LogP contribution in [-0.4, -0.2) is 44.0 Å². The Labute approximate surface area is 176 Å². The van der Waals surface area contributed by atoms with Gasteiger partial charge in [0.15, 0.2) is 5.69 Å². The van der Waals surface area contributed by atoms with Crippen LogP contribution in [0.25, 0.3) is 17.1 Å². The molecule has 11 nitrogen and oxygen atoms in total. The van der Waals surface area contributed by atoms with E-state index in [9.17, 15) is 4.79 Å². The first-order valence-electron chi connectivity index (χ1n) is 9.33. The Hall–Kier alpha value is -4.54. The van der Waals surface area contributed by atoms with Crippen molar-refractivity contribution in [3.05, 3.63) is 65.9 Å². The second-order valence-electron chi connectivity index (χ2n) is 6.24. The maximum atomic E-state index is 13.0. The Morgan fingerprint density at radius 2 is 1.97 bits per heavy atom. The molecule has 156 valence electrons. The standard InChI is InChI=1S/C20H18N8O3/c1-2-30-15-10-8-13(9-11-15)12-22-24-20(29)17-16(14-6-4-3-5-7-14)23-27-28(17)19-18(21)25-31-26-19/h3-12H,2H2,1H3,(H2,21,25)(H,24,29)/b22-12+. The van der Waals surface area contributed by atoms with Gasteiger partial charge in [0.1, 0.15) is 11.4 Å². The largest absolute Gasteiger partial charge is 0.494 e. The van der Waals surface area contributed by atoms with E-state index in [-0.39, 0.29) is 17.3 Å². The Bertz CT molecular complexity index is 1200. The molecule has 11 heteroatoms. The Morgan fingerprint density at radius 1 is 1.19 bits per heavy atom. The number of carbonyl (C=O) groups excluding carboxylic acids is 1. The number of carbonyl (C=O) groups is 1. The van der Waals surface area contributed by atoms with Crippen LogP contribution < -0.4 is 15.9 Å². The first-order chi connectivity index (χ1) is 15.2. The van der Waals surface area contributed by atoms with E-state index in [0.717, 1.165) is 16.0 Å². The van der Waals surface area contributed by atoms with Crippen molar-refractivity contribution in [3.8, 4) is 22.8 Å². The van der Waals surface area contributed by atoms with E-state index in [2.05, 4.69) is 35.8 Å². The van der Waals surface area contributed by atoms with Crippen molar-refractivity contribution < 1.29 is 14.2 Å². The average Bonchev–Trinajstić information content (AvgIpc) is 3.41. The van der Waals surface area contributed by atoms with Crippen molar-refractivity contribution in [1.82, 2.24) is 30.7 Å². The third-order valence-electron chi connectivity index (χ3n) is 4.20. The van der Waals surface area contributed by atoms with Gasteiger partial charge in [0.25, 0.3) is 5.91 Å². The number of ether oxygens (including phenoxy) is 1. The van der Waals surface area contributed by atoms with Gasteiger partial charge in [-0.15, -0.1) is 5.10 Å². The summed E-state index contributed by atoms with van der Waals surface area (Å²) in [5.74, 6) is 0.213. The molecule has 3 N–H and O–H groups in total. The minimum atomic E-state index is -0.562. The van der Waals surface area contributed by atoms with Gasteiger partial charge in [-0.2, -0.15) is 9.78 Å². The highest BCUT2D eigenvalue weighted by atomic mass is 16.6. The van der Waals surface area contributed by atoms with Gasteiger partial charge in [-0.25, -0.2) is 10.1 Å². The lowest BCUT2D eigenvalue weighted by Gasteiger charge is -2.05. The molecule has 2 aromatic heterocycles. The third-order valence-corrected chi connectivity index (χ3v) is 4.20. The quantitative estimate of drug-likeness (QED) is 0.342. The van der Waals surface area contributed by atoms with Gasteiger partial charge in [0.05, 0.1) is 12.8 Å². The van der Waals surface area contributed by atoms with Crippen LogP contribution in [0.1, 0.15) is 23.0 Å². The molecule has 4 rings (SSSR count). The van der Waals surface area contributed by atoms with Crippen LogP contribution in [0.2, 0.25) is 0 Å². The number of anilines is 1. The van der Waals surface area contributed by atoms with E-state index in [0.29, 0.717) is 17.9 Å². The molecule has 0 aliphatic heterocycles. The van der Waals surface area contributed by atoms with Crippen LogP contribution in [0, 0.1) is 0 Å².